The zero-order valence-corrected chi connectivity index (χ0v) is 10.1. The highest BCUT2D eigenvalue weighted by atomic mass is 19.4. The van der Waals surface area contributed by atoms with E-state index in [1.807, 2.05) is 0 Å². The maximum atomic E-state index is 12.9. The van der Waals surface area contributed by atoms with Gasteiger partial charge in [-0.05, 0) is 31.0 Å². The molecule has 2 rings (SSSR count). The molecule has 0 saturated heterocycles. The molecule has 1 aliphatic carbocycles. The van der Waals surface area contributed by atoms with Gasteiger partial charge in [0.15, 0.2) is 0 Å². The van der Waals surface area contributed by atoms with E-state index in [0.29, 0.717) is 0 Å². The topological polar surface area (TPSA) is 38.0 Å². The molecule has 1 aromatic rings. The summed E-state index contributed by atoms with van der Waals surface area (Å²) in [6.45, 7) is 0. The molecule has 1 saturated carbocycles. The fourth-order valence-corrected chi connectivity index (χ4v) is 2.39. The van der Waals surface area contributed by atoms with Crippen molar-refractivity contribution in [3.8, 4) is 0 Å². The quantitative estimate of drug-likeness (QED) is 0.786. The Kier molecular flexibility index (Phi) is 3.68. The Morgan fingerprint density at radius 3 is 2.39 bits per heavy atom. The van der Waals surface area contributed by atoms with Crippen LogP contribution < -0.4 is 11.1 Å². The maximum absolute atomic E-state index is 12.9. The summed E-state index contributed by atoms with van der Waals surface area (Å²) in [5, 5.41) is 3.01. The van der Waals surface area contributed by atoms with Gasteiger partial charge in [-0.1, -0.05) is 19.3 Å². The van der Waals surface area contributed by atoms with E-state index in [1.165, 1.54) is 18.6 Å². The zero-order chi connectivity index (χ0) is 13.2. The molecule has 0 bridgehead atoms. The largest absolute Gasteiger partial charge is 0.418 e. The van der Waals surface area contributed by atoms with Crippen LogP contribution in [0.4, 0.5) is 24.5 Å². The second-order valence-corrected chi connectivity index (χ2v) is 4.78. The van der Waals surface area contributed by atoms with Gasteiger partial charge in [-0.15, -0.1) is 0 Å². The average Bonchev–Trinajstić information content (AvgIpc) is 2.31. The number of nitrogen functional groups attached to an aromatic ring is 1. The Hall–Kier alpha value is -1.39. The summed E-state index contributed by atoms with van der Waals surface area (Å²) in [5.41, 5.74) is 5.03. The van der Waals surface area contributed by atoms with Crippen LogP contribution in [0.25, 0.3) is 0 Å². The number of hydrogen-bond acceptors (Lipinski definition) is 2. The number of nitrogens with one attached hydrogen (secondary N) is 1. The van der Waals surface area contributed by atoms with Gasteiger partial charge < -0.3 is 11.1 Å². The van der Waals surface area contributed by atoms with Crippen LogP contribution in [-0.2, 0) is 6.18 Å². The third-order valence-corrected chi connectivity index (χ3v) is 3.31. The first-order valence-corrected chi connectivity index (χ1v) is 6.20. The third kappa shape index (κ3) is 3.09. The van der Waals surface area contributed by atoms with Crippen molar-refractivity contribution < 1.29 is 13.2 Å². The van der Waals surface area contributed by atoms with Crippen LogP contribution in [0, 0.1) is 0 Å². The maximum Gasteiger partial charge on any atom is 0.418 e. The molecule has 0 atom stereocenters. The molecule has 0 aliphatic heterocycles. The first-order valence-electron chi connectivity index (χ1n) is 6.20. The number of anilines is 2. The van der Waals surface area contributed by atoms with Crippen molar-refractivity contribution in [1.82, 2.24) is 0 Å². The molecule has 0 unspecified atom stereocenters. The highest BCUT2D eigenvalue weighted by Crippen LogP contribution is 2.37. The molecule has 1 aromatic carbocycles. The molecule has 0 spiro atoms. The van der Waals surface area contributed by atoms with E-state index in [4.69, 9.17) is 5.73 Å². The average molecular weight is 258 g/mol. The second kappa shape index (κ2) is 5.08. The highest BCUT2D eigenvalue weighted by molar-refractivity contribution is 5.59. The summed E-state index contributed by atoms with van der Waals surface area (Å²) in [4.78, 5) is 0. The molecule has 5 heteroatoms. The van der Waals surface area contributed by atoms with E-state index < -0.39 is 11.7 Å². The second-order valence-electron chi connectivity index (χ2n) is 4.78. The summed E-state index contributed by atoms with van der Waals surface area (Å²) in [7, 11) is 0. The van der Waals surface area contributed by atoms with Crippen molar-refractivity contribution in [2.45, 2.75) is 44.3 Å². The number of rotatable bonds is 2. The fraction of sp³-hybridized carbons (Fsp3) is 0.538. The SMILES string of the molecule is Nc1ccc(NC2CCCCC2)c(C(F)(F)F)c1. The smallest absolute Gasteiger partial charge is 0.399 e. The Balaban J connectivity index is 2.21. The molecular weight excluding hydrogens is 241 g/mol. The van der Waals surface area contributed by atoms with Crippen molar-refractivity contribution in [2.24, 2.45) is 0 Å². The molecule has 1 aliphatic rings. The van der Waals surface area contributed by atoms with Crippen LogP contribution in [0.15, 0.2) is 18.2 Å². The summed E-state index contributed by atoms with van der Waals surface area (Å²) < 4.78 is 38.7. The molecule has 100 valence electrons. The van der Waals surface area contributed by atoms with E-state index in [0.717, 1.165) is 31.7 Å². The van der Waals surface area contributed by atoms with Crippen molar-refractivity contribution in [1.29, 1.82) is 0 Å². The normalized spacial score (nSPS) is 17.7. The number of alkyl halides is 3. The monoisotopic (exact) mass is 258 g/mol. The lowest BCUT2D eigenvalue weighted by Crippen LogP contribution is -2.24. The first kappa shape index (κ1) is 13.1. The number of hydrogen-bond donors (Lipinski definition) is 2. The summed E-state index contributed by atoms with van der Waals surface area (Å²) in [6, 6.07) is 4.06. The fourth-order valence-electron chi connectivity index (χ4n) is 2.39. The van der Waals surface area contributed by atoms with Gasteiger partial charge in [-0.2, -0.15) is 13.2 Å². The van der Waals surface area contributed by atoms with Gasteiger partial charge in [0, 0.05) is 17.4 Å². The molecule has 18 heavy (non-hydrogen) atoms. The van der Waals surface area contributed by atoms with E-state index in [9.17, 15) is 13.2 Å². The number of halogens is 3. The van der Waals surface area contributed by atoms with Crippen molar-refractivity contribution >= 4 is 11.4 Å². The predicted molar refractivity (Wildman–Crippen MR) is 66.4 cm³/mol. The van der Waals surface area contributed by atoms with E-state index in [1.54, 1.807) is 0 Å². The van der Waals surface area contributed by atoms with Crippen LogP contribution in [0.5, 0.6) is 0 Å². The Bertz CT molecular complexity index is 409. The van der Waals surface area contributed by atoms with Crippen LogP contribution >= 0.6 is 0 Å². The third-order valence-electron chi connectivity index (χ3n) is 3.31. The van der Waals surface area contributed by atoms with Gasteiger partial charge in [0.1, 0.15) is 0 Å². The first-order chi connectivity index (χ1) is 8.47. The standard InChI is InChI=1S/C13H17F3N2/c14-13(15,16)11-8-9(17)6-7-12(11)18-10-4-2-1-3-5-10/h6-8,10,18H,1-5,17H2. The molecule has 3 N–H and O–H groups in total. The number of nitrogens with two attached hydrogens (primary N) is 1. The van der Waals surface area contributed by atoms with Gasteiger partial charge >= 0.3 is 6.18 Å². The Morgan fingerprint density at radius 2 is 1.78 bits per heavy atom. The lowest BCUT2D eigenvalue weighted by atomic mass is 9.95. The minimum Gasteiger partial charge on any atom is -0.399 e. The molecule has 0 heterocycles. The zero-order valence-electron chi connectivity index (χ0n) is 10.1. The predicted octanol–water partition coefficient (Wildman–Crippen LogP) is 4.03. The summed E-state index contributed by atoms with van der Waals surface area (Å²) >= 11 is 0. The van der Waals surface area contributed by atoms with Crippen LogP contribution in [-0.4, -0.2) is 6.04 Å². The van der Waals surface area contributed by atoms with Crippen molar-refractivity contribution in [3.05, 3.63) is 23.8 Å². The Morgan fingerprint density at radius 1 is 1.11 bits per heavy atom. The molecule has 1 fully saturated rings. The van der Waals surface area contributed by atoms with E-state index >= 15 is 0 Å². The van der Waals surface area contributed by atoms with Gasteiger partial charge in [0.2, 0.25) is 0 Å². The highest BCUT2D eigenvalue weighted by Gasteiger charge is 2.34. The summed E-state index contributed by atoms with van der Waals surface area (Å²) in [5.74, 6) is 0. The van der Waals surface area contributed by atoms with Crippen LogP contribution in [0.2, 0.25) is 0 Å². The molecule has 0 amide bonds. The van der Waals surface area contributed by atoms with E-state index in [-0.39, 0.29) is 17.4 Å². The van der Waals surface area contributed by atoms with Crippen molar-refractivity contribution in [2.75, 3.05) is 11.1 Å². The lowest BCUT2D eigenvalue weighted by Gasteiger charge is -2.25. The van der Waals surface area contributed by atoms with E-state index in [2.05, 4.69) is 5.32 Å². The molecule has 2 nitrogen and oxygen atoms in total. The van der Waals surface area contributed by atoms with Gasteiger partial charge in [-0.25, -0.2) is 0 Å². The van der Waals surface area contributed by atoms with Crippen molar-refractivity contribution in [3.63, 3.8) is 0 Å². The molecular formula is C13H17F3N2. The Labute approximate surface area is 104 Å². The molecule has 0 radical (unpaired) electrons. The minimum atomic E-state index is -4.37. The summed E-state index contributed by atoms with van der Waals surface area (Å²) in [6.07, 6.45) is 0.823. The lowest BCUT2D eigenvalue weighted by molar-refractivity contribution is -0.136. The number of benzene rings is 1. The van der Waals surface area contributed by atoms with Crippen LogP contribution in [0.1, 0.15) is 37.7 Å². The van der Waals surface area contributed by atoms with Gasteiger partial charge in [0.25, 0.3) is 0 Å². The van der Waals surface area contributed by atoms with Crippen LogP contribution in [0.3, 0.4) is 0 Å². The molecule has 0 aromatic heterocycles. The van der Waals surface area contributed by atoms with Gasteiger partial charge in [-0.3, -0.25) is 0 Å². The minimum absolute atomic E-state index is 0.136. The van der Waals surface area contributed by atoms with Gasteiger partial charge in [0.05, 0.1) is 5.56 Å².